The summed E-state index contributed by atoms with van der Waals surface area (Å²) in [6.45, 7) is 4.32. The monoisotopic (exact) mass is 250 g/mol. The van der Waals surface area contributed by atoms with Gasteiger partial charge in [-0.2, -0.15) is 0 Å². The van der Waals surface area contributed by atoms with Gasteiger partial charge in [-0.1, -0.05) is 13.8 Å². The third-order valence-electron chi connectivity index (χ3n) is 5.81. The van der Waals surface area contributed by atoms with Crippen LogP contribution in [-0.4, -0.2) is 11.1 Å². The minimum Gasteiger partial charge on any atom is -0.481 e. The molecule has 4 rings (SSSR count). The van der Waals surface area contributed by atoms with Crippen molar-refractivity contribution in [2.75, 3.05) is 0 Å². The Morgan fingerprint density at radius 1 is 1.06 bits per heavy atom. The van der Waals surface area contributed by atoms with E-state index in [1.807, 2.05) is 0 Å². The number of hydrogen-bond acceptors (Lipinski definition) is 1. The Bertz CT molecular complexity index is 306. The molecule has 1 atom stereocenters. The molecule has 2 nitrogen and oxygen atoms in total. The Balaban J connectivity index is 1.79. The predicted octanol–water partition coefficient (Wildman–Crippen LogP) is 3.81. The molecule has 0 radical (unpaired) electrons. The van der Waals surface area contributed by atoms with Crippen LogP contribution < -0.4 is 0 Å². The topological polar surface area (TPSA) is 37.3 Å². The van der Waals surface area contributed by atoms with Gasteiger partial charge < -0.3 is 5.11 Å². The van der Waals surface area contributed by atoms with Crippen molar-refractivity contribution in [1.82, 2.24) is 0 Å². The first kappa shape index (κ1) is 12.5. The Labute approximate surface area is 110 Å². The van der Waals surface area contributed by atoms with Crippen LogP contribution in [0.5, 0.6) is 0 Å². The van der Waals surface area contributed by atoms with Crippen molar-refractivity contribution >= 4 is 5.97 Å². The largest absolute Gasteiger partial charge is 0.481 e. The number of carboxylic acid groups (broad SMARTS) is 1. The molecule has 4 saturated carbocycles. The zero-order chi connectivity index (χ0) is 12.9. The van der Waals surface area contributed by atoms with E-state index in [1.165, 1.54) is 32.1 Å². The first-order chi connectivity index (χ1) is 8.54. The lowest BCUT2D eigenvalue weighted by molar-refractivity contribution is -0.152. The summed E-state index contributed by atoms with van der Waals surface area (Å²) in [4.78, 5) is 11.7. The minimum absolute atomic E-state index is 0.0694. The Morgan fingerprint density at radius 2 is 1.56 bits per heavy atom. The van der Waals surface area contributed by atoms with Gasteiger partial charge in [0, 0.05) is 0 Å². The van der Waals surface area contributed by atoms with E-state index in [0.717, 1.165) is 30.1 Å². The highest BCUT2D eigenvalue weighted by atomic mass is 16.4. The molecule has 0 aliphatic heterocycles. The third kappa shape index (κ3) is 2.08. The van der Waals surface area contributed by atoms with Gasteiger partial charge in [0.2, 0.25) is 0 Å². The maximum absolute atomic E-state index is 11.7. The molecule has 18 heavy (non-hydrogen) atoms. The summed E-state index contributed by atoms with van der Waals surface area (Å²) >= 11 is 0. The zero-order valence-corrected chi connectivity index (χ0v) is 11.6. The lowest BCUT2D eigenvalue weighted by atomic mass is 9.49. The molecule has 2 heteroatoms. The lowest BCUT2D eigenvalue weighted by Crippen LogP contribution is -2.49. The molecule has 4 bridgehead atoms. The van der Waals surface area contributed by atoms with Crippen molar-refractivity contribution in [1.29, 1.82) is 0 Å². The van der Waals surface area contributed by atoms with E-state index in [1.54, 1.807) is 0 Å². The van der Waals surface area contributed by atoms with E-state index < -0.39 is 5.97 Å². The highest BCUT2D eigenvalue weighted by Gasteiger charge is 2.51. The lowest BCUT2D eigenvalue weighted by Gasteiger charge is -2.56. The van der Waals surface area contributed by atoms with Crippen LogP contribution in [0.15, 0.2) is 0 Å². The molecule has 1 unspecified atom stereocenters. The minimum atomic E-state index is -0.527. The molecule has 0 amide bonds. The van der Waals surface area contributed by atoms with E-state index >= 15 is 0 Å². The van der Waals surface area contributed by atoms with Crippen LogP contribution in [0.3, 0.4) is 0 Å². The molecule has 0 aromatic heterocycles. The Morgan fingerprint density at radius 3 is 1.94 bits per heavy atom. The van der Waals surface area contributed by atoms with Gasteiger partial charge in [-0.25, -0.2) is 0 Å². The SMILES string of the molecule is CC(C)CC(C(=O)O)C1C2CC3CC(C2)CC1C3. The molecule has 1 N–H and O–H groups in total. The fourth-order valence-electron chi connectivity index (χ4n) is 5.55. The van der Waals surface area contributed by atoms with Gasteiger partial charge in [-0.05, 0) is 74.0 Å². The van der Waals surface area contributed by atoms with Crippen LogP contribution in [0, 0.1) is 41.4 Å². The van der Waals surface area contributed by atoms with Crippen LogP contribution in [0.4, 0.5) is 0 Å². The fraction of sp³-hybridized carbons (Fsp3) is 0.938. The zero-order valence-electron chi connectivity index (χ0n) is 11.6. The number of hydrogen-bond donors (Lipinski definition) is 1. The average Bonchev–Trinajstić information content (AvgIpc) is 2.25. The van der Waals surface area contributed by atoms with Gasteiger partial charge in [-0.15, -0.1) is 0 Å². The van der Waals surface area contributed by atoms with Crippen LogP contribution in [0.2, 0.25) is 0 Å². The molecule has 0 aromatic carbocycles. The second-order valence-electron chi connectivity index (χ2n) is 7.58. The van der Waals surface area contributed by atoms with E-state index in [2.05, 4.69) is 13.8 Å². The van der Waals surface area contributed by atoms with Crippen LogP contribution >= 0.6 is 0 Å². The molecular weight excluding hydrogens is 224 g/mol. The maximum Gasteiger partial charge on any atom is 0.306 e. The number of carbonyl (C=O) groups is 1. The van der Waals surface area contributed by atoms with E-state index in [4.69, 9.17) is 0 Å². The quantitative estimate of drug-likeness (QED) is 0.824. The maximum atomic E-state index is 11.7. The van der Waals surface area contributed by atoms with Gasteiger partial charge >= 0.3 is 5.97 Å². The van der Waals surface area contributed by atoms with Crippen LogP contribution in [0.1, 0.15) is 52.4 Å². The van der Waals surface area contributed by atoms with E-state index in [0.29, 0.717) is 11.8 Å². The van der Waals surface area contributed by atoms with Crippen molar-refractivity contribution in [3.63, 3.8) is 0 Å². The van der Waals surface area contributed by atoms with Gasteiger partial charge in [0.25, 0.3) is 0 Å². The molecule has 0 aromatic rings. The molecule has 0 heterocycles. The Hall–Kier alpha value is -0.530. The summed E-state index contributed by atoms with van der Waals surface area (Å²) in [6, 6.07) is 0. The molecule has 102 valence electrons. The second kappa shape index (κ2) is 4.54. The highest BCUT2D eigenvalue weighted by molar-refractivity contribution is 5.70. The summed E-state index contributed by atoms with van der Waals surface area (Å²) in [5, 5.41) is 9.61. The van der Waals surface area contributed by atoms with Crippen molar-refractivity contribution in [2.24, 2.45) is 41.4 Å². The first-order valence-corrected chi connectivity index (χ1v) is 7.77. The van der Waals surface area contributed by atoms with Crippen LogP contribution in [0.25, 0.3) is 0 Å². The summed E-state index contributed by atoms with van der Waals surface area (Å²) in [6.07, 6.45) is 7.65. The Kier molecular flexibility index (Phi) is 3.15. The van der Waals surface area contributed by atoms with Crippen molar-refractivity contribution in [2.45, 2.75) is 52.4 Å². The summed E-state index contributed by atoms with van der Waals surface area (Å²) < 4.78 is 0. The molecule has 0 saturated heterocycles. The van der Waals surface area contributed by atoms with E-state index in [9.17, 15) is 9.90 Å². The third-order valence-corrected chi connectivity index (χ3v) is 5.81. The predicted molar refractivity (Wildman–Crippen MR) is 71.1 cm³/mol. The van der Waals surface area contributed by atoms with E-state index in [-0.39, 0.29) is 5.92 Å². The van der Waals surface area contributed by atoms with Gasteiger partial charge in [0.05, 0.1) is 5.92 Å². The normalized spacial score (nSPS) is 43.4. The fourth-order valence-corrected chi connectivity index (χ4v) is 5.55. The molecule has 4 aliphatic carbocycles. The summed E-state index contributed by atoms with van der Waals surface area (Å²) in [7, 11) is 0. The van der Waals surface area contributed by atoms with Crippen molar-refractivity contribution in [3.05, 3.63) is 0 Å². The number of carboxylic acids is 1. The first-order valence-electron chi connectivity index (χ1n) is 7.77. The highest BCUT2D eigenvalue weighted by Crippen LogP contribution is 2.58. The number of aliphatic carboxylic acids is 1. The van der Waals surface area contributed by atoms with Crippen LogP contribution in [-0.2, 0) is 4.79 Å². The second-order valence-corrected chi connectivity index (χ2v) is 7.58. The van der Waals surface area contributed by atoms with Crippen molar-refractivity contribution in [3.8, 4) is 0 Å². The molecule has 4 aliphatic rings. The van der Waals surface area contributed by atoms with Gasteiger partial charge in [-0.3, -0.25) is 4.79 Å². The van der Waals surface area contributed by atoms with Gasteiger partial charge in [0.1, 0.15) is 0 Å². The molecular formula is C16H26O2. The standard InChI is InChI=1S/C16H26O2/c1-9(2)3-14(16(17)18)15-12-5-10-4-11(7-12)8-13(15)6-10/h9-15H,3-8H2,1-2H3,(H,17,18). The van der Waals surface area contributed by atoms with Gasteiger partial charge in [0.15, 0.2) is 0 Å². The smallest absolute Gasteiger partial charge is 0.306 e. The number of rotatable bonds is 4. The summed E-state index contributed by atoms with van der Waals surface area (Å²) in [5.74, 6) is 3.76. The average molecular weight is 250 g/mol. The molecule has 0 spiro atoms. The molecule has 4 fully saturated rings. The van der Waals surface area contributed by atoms with Crippen molar-refractivity contribution < 1.29 is 9.90 Å². The summed E-state index contributed by atoms with van der Waals surface area (Å²) in [5.41, 5.74) is 0.